The van der Waals surface area contributed by atoms with Crippen molar-refractivity contribution in [3.63, 3.8) is 0 Å². The van der Waals surface area contributed by atoms with Gasteiger partial charge in [0.05, 0.1) is 18.8 Å². The third kappa shape index (κ3) is 5.09. The summed E-state index contributed by atoms with van der Waals surface area (Å²) < 4.78 is 5.83. The highest BCUT2D eigenvalue weighted by Gasteiger charge is 2.26. The standard InChI is InChI=1S/C22H27NO3/c1-22(16-24,13-17-7-3-2-4-8-17)15-23-21(25)19-9-5-6-10-20(19)26-14-18-11-12-18/h2-10,18,24H,11-16H2,1H3,(H,23,25)/t22-/m1/s1. The van der Waals surface area contributed by atoms with Crippen molar-refractivity contribution in [1.29, 1.82) is 0 Å². The van der Waals surface area contributed by atoms with E-state index in [0.29, 0.717) is 36.8 Å². The van der Waals surface area contributed by atoms with Gasteiger partial charge in [-0.2, -0.15) is 0 Å². The van der Waals surface area contributed by atoms with E-state index in [9.17, 15) is 9.90 Å². The molecule has 1 aliphatic carbocycles. The van der Waals surface area contributed by atoms with E-state index in [1.54, 1.807) is 6.07 Å². The number of amides is 1. The number of carbonyl (C=O) groups excluding carboxylic acids is 1. The number of carbonyl (C=O) groups is 1. The Hall–Kier alpha value is -2.33. The molecule has 1 saturated carbocycles. The van der Waals surface area contributed by atoms with E-state index in [1.807, 2.05) is 55.5 Å². The molecule has 3 rings (SSSR count). The summed E-state index contributed by atoms with van der Waals surface area (Å²) in [5, 5.41) is 12.8. The van der Waals surface area contributed by atoms with Gasteiger partial charge in [0.1, 0.15) is 5.75 Å². The molecule has 0 radical (unpaired) electrons. The molecule has 1 amide bonds. The minimum Gasteiger partial charge on any atom is -0.492 e. The monoisotopic (exact) mass is 353 g/mol. The molecule has 138 valence electrons. The molecule has 2 aromatic carbocycles. The molecule has 0 heterocycles. The lowest BCUT2D eigenvalue weighted by Gasteiger charge is -2.28. The Labute approximate surface area is 155 Å². The van der Waals surface area contributed by atoms with E-state index in [0.717, 1.165) is 5.56 Å². The van der Waals surface area contributed by atoms with Crippen LogP contribution in [0.25, 0.3) is 0 Å². The highest BCUT2D eigenvalue weighted by molar-refractivity contribution is 5.96. The predicted molar refractivity (Wildman–Crippen MR) is 102 cm³/mol. The average molecular weight is 353 g/mol. The first-order valence-corrected chi connectivity index (χ1v) is 9.24. The molecule has 0 bridgehead atoms. The van der Waals surface area contributed by atoms with Crippen LogP contribution >= 0.6 is 0 Å². The van der Waals surface area contributed by atoms with E-state index in [1.165, 1.54) is 12.8 Å². The van der Waals surface area contributed by atoms with Gasteiger partial charge in [0, 0.05) is 12.0 Å². The maximum absolute atomic E-state index is 12.7. The van der Waals surface area contributed by atoms with Crippen LogP contribution in [0, 0.1) is 11.3 Å². The SMILES string of the molecule is C[C@](CO)(CNC(=O)c1ccccc1OCC1CC1)Cc1ccccc1. The third-order valence-electron chi connectivity index (χ3n) is 4.83. The molecular formula is C22H27NO3. The van der Waals surface area contributed by atoms with Crippen LogP contribution in [-0.2, 0) is 6.42 Å². The Kier molecular flexibility index (Phi) is 5.94. The number of benzene rings is 2. The van der Waals surface area contributed by atoms with E-state index in [-0.39, 0.29) is 12.5 Å². The van der Waals surface area contributed by atoms with Crippen molar-refractivity contribution < 1.29 is 14.6 Å². The smallest absolute Gasteiger partial charge is 0.255 e. The van der Waals surface area contributed by atoms with Gasteiger partial charge in [-0.3, -0.25) is 4.79 Å². The lowest BCUT2D eigenvalue weighted by molar-refractivity contribution is 0.0891. The van der Waals surface area contributed by atoms with E-state index >= 15 is 0 Å². The van der Waals surface area contributed by atoms with Crippen molar-refractivity contribution in [3.05, 3.63) is 65.7 Å². The number of hydrogen-bond donors (Lipinski definition) is 2. The van der Waals surface area contributed by atoms with Gasteiger partial charge in [0.25, 0.3) is 5.91 Å². The maximum atomic E-state index is 12.7. The normalized spacial score (nSPS) is 15.9. The van der Waals surface area contributed by atoms with Crippen LogP contribution in [0.5, 0.6) is 5.75 Å². The summed E-state index contributed by atoms with van der Waals surface area (Å²) in [7, 11) is 0. The topological polar surface area (TPSA) is 58.6 Å². The molecule has 2 N–H and O–H groups in total. The lowest BCUT2D eigenvalue weighted by Crippen LogP contribution is -2.39. The highest BCUT2D eigenvalue weighted by Crippen LogP contribution is 2.30. The van der Waals surface area contributed by atoms with Crippen LogP contribution in [0.3, 0.4) is 0 Å². The Morgan fingerprint density at radius 1 is 1.15 bits per heavy atom. The zero-order valence-electron chi connectivity index (χ0n) is 15.3. The fraction of sp³-hybridized carbons (Fsp3) is 0.409. The summed E-state index contributed by atoms with van der Waals surface area (Å²) >= 11 is 0. The zero-order chi connectivity index (χ0) is 18.4. The van der Waals surface area contributed by atoms with Crippen molar-refractivity contribution in [2.75, 3.05) is 19.8 Å². The number of rotatable bonds is 9. The number of ether oxygens (including phenoxy) is 1. The number of para-hydroxylation sites is 1. The van der Waals surface area contributed by atoms with E-state index in [2.05, 4.69) is 5.32 Å². The Morgan fingerprint density at radius 2 is 1.85 bits per heavy atom. The largest absolute Gasteiger partial charge is 0.492 e. The third-order valence-corrected chi connectivity index (χ3v) is 4.83. The summed E-state index contributed by atoms with van der Waals surface area (Å²) in [6.07, 6.45) is 3.12. The summed E-state index contributed by atoms with van der Waals surface area (Å²) in [5.41, 5.74) is 1.28. The molecule has 0 saturated heterocycles. The van der Waals surface area contributed by atoms with Gasteiger partial charge in [-0.1, -0.05) is 49.4 Å². The molecule has 0 unspecified atom stereocenters. The quantitative estimate of drug-likeness (QED) is 0.726. The molecule has 1 aliphatic rings. The molecule has 0 aromatic heterocycles. The van der Waals surface area contributed by atoms with Crippen LogP contribution < -0.4 is 10.1 Å². The van der Waals surface area contributed by atoms with Crippen molar-refractivity contribution in [2.45, 2.75) is 26.2 Å². The first-order valence-electron chi connectivity index (χ1n) is 9.24. The average Bonchev–Trinajstić information content (AvgIpc) is 3.50. The van der Waals surface area contributed by atoms with Crippen molar-refractivity contribution in [1.82, 2.24) is 5.32 Å². The minimum absolute atomic E-state index is 0.00199. The minimum atomic E-state index is -0.416. The number of aliphatic hydroxyl groups excluding tert-OH is 1. The van der Waals surface area contributed by atoms with E-state index < -0.39 is 5.41 Å². The molecular weight excluding hydrogens is 326 g/mol. The highest BCUT2D eigenvalue weighted by atomic mass is 16.5. The summed E-state index contributed by atoms with van der Waals surface area (Å²) in [5.74, 6) is 1.10. The second-order valence-electron chi connectivity index (χ2n) is 7.56. The number of hydrogen-bond acceptors (Lipinski definition) is 3. The van der Waals surface area contributed by atoms with Gasteiger partial charge in [0.2, 0.25) is 0 Å². The van der Waals surface area contributed by atoms with Crippen LogP contribution in [-0.4, -0.2) is 30.8 Å². The van der Waals surface area contributed by atoms with E-state index in [4.69, 9.17) is 4.74 Å². The number of nitrogens with one attached hydrogen (secondary N) is 1. The molecule has 1 fully saturated rings. The molecule has 4 nitrogen and oxygen atoms in total. The van der Waals surface area contributed by atoms with Crippen molar-refractivity contribution >= 4 is 5.91 Å². The Balaban J connectivity index is 1.61. The molecule has 4 heteroatoms. The van der Waals surface area contributed by atoms with Gasteiger partial charge in [-0.05, 0) is 42.9 Å². The van der Waals surface area contributed by atoms with Gasteiger partial charge in [0.15, 0.2) is 0 Å². The zero-order valence-corrected chi connectivity index (χ0v) is 15.3. The fourth-order valence-corrected chi connectivity index (χ4v) is 2.92. The maximum Gasteiger partial charge on any atom is 0.255 e. The lowest BCUT2D eigenvalue weighted by atomic mass is 9.84. The molecule has 1 atom stereocenters. The van der Waals surface area contributed by atoms with Crippen LogP contribution in [0.4, 0.5) is 0 Å². The van der Waals surface area contributed by atoms with Gasteiger partial charge >= 0.3 is 0 Å². The summed E-state index contributed by atoms with van der Waals surface area (Å²) in [6, 6.07) is 17.4. The van der Waals surface area contributed by atoms with Crippen LogP contribution in [0.15, 0.2) is 54.6 Å². The Bertz CT molecular complexity index is 727. The second kappa shape index (κ2) is 8.37. The van der Waals surface area contributed by atoms with Crippen molar-refractivity contribution in [2.24, 2.45) is 11.3 Å². The summed E-state index contributed by atoms with van der Waals surface area (Å²) in [6.45, 7) is 3.05. The molecule has 0 spiro atoms. The van der Waals surface area contributed by atoms with Gasteiger partial charge < -0.3 is 15.2 Å². The van der Waals surface area contributed by atoms with Gasteiger partial charge in [-0.15, -0.1) is 0 Å². The van der Waals surface area contributed by atoms with Crippen molar-refractivity contribution in [3.8, 4) is 5.75 Å². The first-order chi connectivity index (χ1) is 12.6. The predicted octanol–water partition coefficient (Wildman–Crippen LogP) is 3.45. The number of aliphatic hydroxyl groups is 1. The van der Waals surface area contributed by atoms with Gasteiger partial charge in [-0.25, -0.2) is 0 Å². The van der Waals surface area contributed by atoms with Crippen LogP contribution in [0.2, 0.25) is 0 Å². The fourth-order valence-electron chi connectivity index (χ4n) is 2.92. The molecule has 2 aromatic rings. The molecule has 26 heavy (non-hydrogen) atoms. The Morgan fingerprint density at radius 3 is 2.54 bits per heavy atom. The summed E-state index contributed by atoms with van der Waals surface area (Å²) in [4.78, 5) is 12.7. The van der Waals surface area contributed by atoms with Crippen LogP contribution in [0.1, 0.15) is 35.7 Å². The second-order valence-corrected chi connectivity index (χ2v) is 7.56. The first kappa shape index (κ1) is 18.5. The molecule has 0 aliphatic heterocycles.